The molecular weight excluding hydrogens is 242 g/mol. The molecule has 0 bridgehead atoms. The van der Waals surface area contributed by atoms with Crippen LogP contribution in [0.3, 0.4) is 0 Å². The van der Waals surface area contributed by atoms with Crippen LogP contribution in [0.4, 0.5) is 4.79 Å². The minimum absolute atomic E-state index is 0.264. The summed E-state index contributed by atoms with van der Waals surface area (Å²) in [5.74, 6) is 0. The first-order chi connectivity index (χ1) is 8.13. The molecule has 0 atom stereocenters. The number of carbonyl (C=O) groups is 2. The van der Waals surface area contributed by atoms with Crippen molar-refractivity contribution in [2.24, 2.45) is 0 Å². The largest absolute Gasteiger partial charge is 0.445 e. The Morgan fingerprint density at radius 1 is 1.47 bits per heavy atom. The Balaban J connectivity index is 2.23. The minimum Gasteiger partial charge on any atom is -0.445 e. The predicted molar refractivity (Wildman–Crippen MR) is 66.1 cm³/mol. The average Bonchev–Trinajstić information content (AvgIpc) is 2.34. The van der Waals surface area contributed by atoms with E-state index in [1.165, 1.54) is 12.1 Å². The zero-order chi connectivity index (χ0) is 12.7. The van der Waals surface area contributed by atoms with Crippen LogP contribution in [0.15, 0.2) is 12.2 Å². The standard InChI is InChI=1S/C10H17N3O3S/c1-9(2)7-16-10(15)12-3-5-13(6-4-12)17-11-8-14/h8H,1,3-7H2,2H3,(H,11,14). The van der Waals surface area contributed by atoms with E-state index in [9.17, 15) is 9.59 Å². The summed E-state index contributed by atoms with van der Waals surface area (Å²) in [6, 6.07) is 0. The third kappa shape index (κ3) is 5.10. The van der Waals surface area contributed by atoms with Gasteiger partial charge in [-0.3, -0.25) is 9.52 Å². The van der Waals surface area contributed by atoms with Gasteiger partial charge in [0.05, 0.1) is 0 Å². The van der Waals surface area contributed by atoms with Gasteiger partial charge in [-0.25, -0.2) is 9.10 Å². The van der Waals surface area contributed by atoms with Gasteiger partial charge in [-0.15, -0.1) is 0 Å². The van der Waals surface area contributed by atoms with Gasteiger partial charge in [0.2, 0.25) is 6.41 Å². The van der Waals surface area contributed by atoms with Crippen molar-refractivity contribution in [3.63, 3.8) is 0 Å². The van der Waals surface area contributed by atoms with Crippen molar-refractivity contribution < 1.29 is 14.3 Å². The average molecular weight is 259 g/mol. The number of nitrogens with one attached hydrogen (secondary N) is 1. The topological polar surface area (TPSA) is 61.9 Å². The molecule has 2 amide bonds. The summed E-state index contributed by atoms with van der Waals surface area (Å²) in [7, 11) is 0. The zero-order valence-electron chi connectivity index (χ0n) is 9.85. The van der Waals surface area contributed by atoms with E-state index in [1.807, 2.05) is 11.2 Å². The van der Waals surface area contributed by atoms with E-state index in [0.717, 1.165) is 5.57 Å². The minimum atomic E-state index is -0.305. The monoisotopic (exact) mass is 259 g/mol. The normalized spacial score (nSPS) is 16.4. The van der Waals surface area contributed by atoms with Crippen LogP contribution in [0.25, 0.3) is 0 Å². The van der Waals surface area contributed by atoms with E-state index in [2.05, 4.69) is 11.3 Å². The first-order valence-electron chi connectivity index (χ1n) is 5.30. The van der Waals surface area contributed by atoms with Crippen LogP contribution in [0, 0.1) is 0 Å². The number of rotatable bonds is 5. The fraction of sp³-hybridized carbons (Fsp3) is 0.600. The molecule has 1 aliphatic heterocycles. The summed E-state index contributed by atoms with van der Waals surface area (Å²) in [6.07, 6.45) is 0.332. The molecular formula is C10H17N3O3S. The molecule has 0 radical (unpaired) electrons. The highest BCUT2D eigenvalue weighted by atomic mass is 32.2. The molecule has 1 fully saturated rings. The van der Waals surface area contributed by atoms with Crippen LogP contribution in [-0.4, -0.2) is 54.5 Å². The van der Waals surface area contributed by atoms with Crippen LogP contribution >= 0.6 is 12.1 Å². The second kappa shape index (κ2) is 7.18. The lowest BCUT2D eigenvalue weighted by Gasteiger charge is -2.32. The Kier molecular flexibility index (Phi) is 5.85. The number of nitrogens with zero attached hydrogens (tertiary/aromatic N) is 2. The van der Waals surface area contributed by atoms with Crippen molar-refractivity contribution in [1.29, 1.82) is 0 Å². The fourth-order valence-corrected chi connectivity index (χ4v) is 1.87. The van der Waals surface area contributed by atoms with Crippen LogP contribution < -0.4 is 4.72 Å². The smallest absolute Gasteiger partial charge is 0.410 e. The Morgan fingerprint density at radius 2 is 2.12 bits per heavy atom. The van der Waals surface area contributed by atoms with E-state index in [1.54, 1.807) is 4.90 Å². The lowest BCUT2D eigenvalue weighted by atomic mass is 10.4. The number of piperazine rings is 1. The quantitative estimate of drug-likeness (QED) is 0.446. The van der Waals surface area contributed by atoms with Gasteiger partial charge >= 0.3 is 6.09 Å². The van der Waals surface area contributed by atoms with Gasteiger partial charge in [0.25, 0.3) is 0 Å². The van der Waals surface area contributed by atoms with Gasteiger partial charge in [-0.2, -0.15) is 0 Å². The van der Waals surface area contributed by atoms with Gasteiger partial charge in [0, 0.05) is 38.3 Å². The third-order valence-corrected chi connectivity index (χ3v) is 2.99. The highest BCUT2D eigenvalue weighted by Gasteiger charge is 2.22. The van der Waals surface area contributed by atoms with Gasteiger partial charge < -0.3 is 9.64 Å². The highest BCUT2D eigenvalue weighted by Crippen LogP contribution is 2.10. The van der Waals surface area contributed by atoms with Crippen LogP contribution in [0.1, 0.15) is 6.92 Å². The molecule has 0 aliphatic carbocycles. The molecule has 7 heteroatoms. The van der Waals surface area contributed by atoms with E-state index >= 15 is 0 Å². The van der Waals surface area contributed by atoms with Crippen molar-refractivity contribution in [3.8, 4) is 0 Å². The van der Waals surface area contributed by atoms with E-state index in [4.69, 9.17) is 4.74 Å². The third-order valence-electron chi connectivity index (χ3n) is 2.17. The molecule has 0 aromatic rings. The Hall–Kier alpha value is -1.21. The van der Waals surface area contributed by atoms with Gasteiger partial charge in [0.15, 0.2) is 0 Å². The molecule has 96 valence electrons. The summed E-state index contributed by atoms with van der Waals surface area (Å²) < 4.78 is 9.55. The first-order valence-corrected chi connectivity index (χ1v) is 6.08. The molecule has 0 aromatic heterocycles. The molecule has 0 spiro atoms. The second-order valence-electron chi connectivity index (χ2n) is 3.75. The molecule has 0 aromatic carbocycles. The summed E-state index contributed by atoms with van der Waals surface area (Å²) in [5.41, 5.74) is 0.822. The molecule has 0 saturated carbocycles. The van der Waals surface area contributed by atoms with Crippen molar-refractivity contribution in [1.82, 2.24) is 13.9 Å². The molecule has 0 unspecified atom stereocenters. The molecule has 1 aliphatic rings. The predicted octanol–water partition coefficient (Wildman–Crippen LogP) is 0.626. The van der Waals surface area contributed by atoms with Crippen LogP contribution in [-0.2, 0) is 9.53 Å². The van der Waals surface area contributed by atoms with Crippen molar-refractivity contribution in [2.75, 3.05) is 32.8 Å². The molecule has 1 saturated heterocycles. The SMILES string of the molecule is C=C(C)COC(=O)N1CCN(SNC=O)CC1. The number of hydrogen-bond donors (Lipinski definition) is 1. The Labute approximate surface area is 105 Å². The van der Waals surface area contributed by atoms with Gasteiger partial charge in [0.1, 0.15) is 6.61 Å². The lowest BCUT2D eigenvalue weighted by molar-refractivity contribution is -0.108. The van der Waals surface area contributed by atoms with Crippen molar-refractivity contribution in [3.05, 3.63) is 12.2 Å². The number of ether oxygens (including phenoxy) is 1. The van der Waals surface area contributed by atoms with Crippen molar-refractivity contribution in [2.45, 2.75) is 6.92 Å². The first kappa shape index (κ1) is 13.9. The number of carbonyl (C=O) groups excluding carboxylic acids is 2. The van der Waals surface area contributed by atoms with Gasteiger partial charge in [-0.05, 0) is 12.5 Å². The highest BCUT2D eigenvalue weighted by molar-refractivity contribution is 7.95. The number of amides is 2. The van der Waals surface area contributed by atoms with Gasteiger partial charge in [-0.1, -0.05) is 6.58 Å². The van der Waals surface area contributed by atoms with E-state index < -0.39 is 0 Å². The lowest BCUT2D eigenvalue weighted by Crippen LogP contribution is -2.47. The van der Waals surface area contributed by atoms with Crippen LogP contribution in [0.5, 0.6) is 0 Å². The summed E-state index contributed by atoms with van der Waals surface area (Å²) in [4.78, 5) is 23.4. The summed E-state index contributed by atoms with van der Waals surface area (Å²) >= 11 is 1.25. The summed E-state index contributed by atoms with van der Waals surface area (Å²) in [5, 5.41) is 0. The number of hydrogen-bond acceptors (Lipinski definition) is 5. The molecule has 17 heavy (non-hydrogen) atoms. The molecule has 1 heterocycles. The second-order valence-corrected chi connectivity index (χ2v) is 4.69. The maximum Gasteiger partial charge on any atom is 0.410 e. The summed E-state index contributed by atoms with van der Waals surface area (Å²) in [6.45, 7) is 8.35. The van der Waals surface area contributed by atoms with Crippen molar-refractivity contribution >= 4 is 24.6 Å². The molecule has 1 rings (SSSR count). The molecule has 6 nitrogen and oxygen atoms in total. The zero-order valence-corrected chi connectivity index (χ0v) is 10.7. The fourth-order valence-electron chi connectivity index (χ4n) is 1.33. The maximum atomic E-state index is 11.6. The van der Waals surface area contributed by atoms with E-state index in [0.29, 0.717) is 32.6 Å². The van der Waals surface area contributed by atoms with Crippen LogP contribution in [0.2, 0.25) is 0 Å². The maximum absolute atomic E-state index is 11.6. The molecule has 1 N–H and O–H groups in total. The Morgan fingerprint density at radius 3 is 2.65 bits per heavy atom. The Bertz CT molecular complexity index is 291. The van der Waals surface area contributed by atoms with E-state index in [-0.39, 0.29) is 12.7 Å².